The molecule has 0 heterocycles. The molecule has 0 bridgehead atoms. The van der Waals surface area contributed by atoms with E-state index < -0.39 is 0 Å². The molecular weight excluding hydrogens is 112 g/mol. The van der Waals surface area contributed by atoms with Crippen molar-refractivity contribution in [2.45, 2.75) is 40.0 Å². The topological polar surface area (TPSA) is 17.1 Å². The van der Waals surface area contributed by atoms with E-state index in [0.717, 1.165) is 19.3 Å². The van der Waals surface area contributed by atoms with Crippen molar-refractivity contribution < 1.29 is 4.79 Å². The molecule has 0 aromatic rings. The SMILES string of the molecule is CCCCC(C)(C)[C]=O. The minimum absolute atomic E-state index is 0.212. The van der Waals surface area contributed by atoms with Gasteiger partial charge >= 0.3 is 0 Å². The highest BCUT2D eigenvalue weighted by atomic mass is 16.1. The van der Waals surface area contributed by atoms with Crippen LogP contribution < -0.4 is 0 Å². The Labute approximate surface area is 57.5 Å². The Hall–Kier alpha value is -0.330. The lowest BCUT2D eigenvalue weighted by atomic mass is 9.89. The molecule has 0 aromatic heterocycles. The first-order valence-electron chi connectivity index (χ1n) is 3.51. The predicted molar refractivity (Wildman–Crippen MR) is 39.0 cm³/mol. The molecule has 0 aliphatic rings. The first kappa shape index (κ1) is 8.67. The first-order chi connectivity index (χ1) is 4.12. The van der Waals surface area contributed by atoms with Crippen LogP contribution >= 0.6 is 0 Å². The van der Waals surface area contributed by atoms with Crippen molar-refractivity contribution in [1.29, 1.82) is 0 Å². The van der Waals surface area contributed by atoms with Crippen molar-refractivity contribution in [3.05, 3.63) is 0 Å². The second-order valence-electron chi connectivity index (χ2n) is 3.09. The van der Waals surface area contributed by atoms with Crippen molar-refractivity contribution in [1.82, 2.24) is 0 Å². The van der Waals surface area contributed by atoms with E-state index in [2.05, 4.69) is 6.92 Å². The van der Waals surface area contributed by atoms with Gasteiger partial charge < -0.3 is 0 Å². The molecule has 1 heteroatoms. The summed E-state index contributed by atoms with van der Waals surface area (Å²) < 4.78 is 0. The summed E-state index contributed by atoms with van der Waals surface area (Å²) in [4.78, 5) is 10.2. The van der Waals surface area contributed by atoms with E-state index in [-0.39, 0.29) is 5.41 Å². The zero-order chi connectivity index (χ0) is 7.33. The Balaban J connectivity index is 3.45. The Morgan fingerprint density at radius 2 is 2.00 bits per heavy atom. The average Bonchev–Trinajstić information content (AvgIpc) is 1.84. The van der Waals surface area contributed by atoms with Gasteiger partial charge in [-0.3, -0.25) is 4.79 Å². The quantitative estimate of drug-likeness (QED) is 0.566. The average molecular weight is 127 g/mol. The normalized spacial score (nSPS) is 11.4. The van der Waals surface area contributed by atoms with Gasteiger partial charge in [-0.15, -0.1) is 0 Å². The maximum absolute atomic E-state index is 10.2. The minimum atomic E-state index is -0.212. The van der Waals surface area contributed by atoms with Gasteiger partial charge in [-0.2, -0.15) is 0 Å². The van der Waals surface area contributed by atoms with Crippen molar-refractivity contribution in [3.8, 4) is 0 Å². The highest BCUT2D eigenvalue weighted by molar-refractivity contribution is 5.58. The number of carbonyl (C=O) groups excluding carboxylic acids is 1. The lowest BCUT2D eigenvalue weighted by Gasteiger charge is -2.13. The van der Waals surface area contributed by atoms with E-state index in [4.69, 9.17) is 0 Å². The predicted octanol–water partition coefficient (Wildman–Crippen LogP) is 2.31. The van der Waals surface area contributed by atoms with Crippen molar-refractivity contribution in [2.24, 2.45) is 5.41 Å². The van der Waals surface area contributed by atoms with Gasteiger partial charge in [-0.1, -0.05) is 33.6 Å². The first-order valence-corrected chi connectivity index (χ1v) is 3.51. The molecule has 0 saturated heterocycles. The summed E-state index contributed by atoms with van der Waals surface area (Å²) in [6.45, 7) is 5.98. The molecule has 0 aromatic carbocycles. The smallest absolute Gasteiger partial charge is 0.204 e. The number of hydrogen-bond donors (Lipinski definition) is 0. The third kappa shape index (κ3) is 4.19. The largest absolute Gasteiger partial charge is 0.290 e. The molecular formula is C8H15O. The lowest BCUT2D eigenvalue weighted by molar-refractivity contribution is 0.411. The second kappa shape index (κ2) is 3.65. The molecule has 0 fully saturated rings. The van der Waals surface area contributed by atoms with Gasteiger partial charge in [0.25, 0.3) is 0 Å². The van der Waals surface area contributed by atoms with Crippen LogP contribution in [0.5, 0.6) is 0 Å². The van der Waals surface area contributed by atoms with Gasteiger partial charge in [0.15, 0.2) is 0 Å². The van der Waals surface area contributed by atoms with Crippen LogP contribution in [-0.2, 0) is 4.79 Å². The van der Waals surface area contributed by atoms with Crippen LogP contribution in [0.4, 0.5) is 0 Å². The van der Waals surface area contributed by atoms with Gasteiger partial charge in [0.05, 0.1) is 0 Å². The minimum Gasteiger partial charge on any atom is -0.290 e. The van der Waals surface area contributed by atoms with Crippen LogP contribution in [0.2, 0.25) is 0 Å². The molecule has 0 rings (SSSR count). The molecule has 0 spiro atoms. The van der Waals surface area contributed by atoms with E-state index in [1.807, 2.05) is 20.1 Å². The zero-order valence-electron chi connectivity index (χ0n) is 6.53. The standard InChI is InChI=1S/C8H15O/c1-4-5-6-8(2,3)7-9/h4-6H2,1-3H3. The molecule has 0 saturated carbocycles. The van der Waals surface area contributed by atoms with Gasteiger partial charge in [-0.25, -0.2) is 0 Å². The van der Waals surface area contributed by atoms with Crippen LogP contribution in [0.15, 0.2) is 0 Å². The fraction of sp³-hybridized carbons (Fsp3) is 0.875. The van der Waals surface area contributed by atoms with Crippen LogP contribution in [0.1, 0.15) is 40.0 Å². The van der Waals surface area contributed by atoms with Crippen LogP contribution in [0.3, 0.4) is 0 Å². The lowest BCUT2D eigenvalue weighted by Crippen LogP contribution is -2.11. The monoisotopic (exact) mass is 127 g/mol. The van der Waals surface area contributed by atoms with Crippen LogP contribution in [-0.4, -0.2) is 6.29 Å². The Morgan fingerprint density at radius 1 is 1.44 bits per heavy atom. The second-order valence-corrected chi connectivity index (χ2v) is 3.09. The molecule has 53 valence electrons. The van der Waals surface area contributed by atoms with Crippen molar-refractivity contribution in [3.63, 3.8) is 0 Å². The molecule has 0 amide bonds. The summed E-state index contributed by atoms with van der Waals surface area (Å²) in [6.07, 6.45) is 5.28. The third-order valence-electron chi connectivity index (χ3n) is 1.43. The van der Waals surface area contributed by atoms with Gasteiger partial charge in [0.1, 0.15) is 0 Å². The van der Waals surface area contributed by atoms with E-state index in [1.165, 1.54) is 0 Å². The number of rotatable bonds is 4. The highest BCUT2D eigenvalue weighted by Crippen LogP contribution is 2.19. The summed E-state index contributed by atoms with van der Waals surface area (Å²) in [5, 5.41) is 0. The fourth-order valence-electron chi connectivity index (χ4n) is 0.670. The Kier molecular flexibility index (Phi) is 3.52. The molecule has 9 heavy (non-hydrogen) atoms. The van der Waals surface area contributed by atoms with Crippen molar-refractivity contribution >= 4 is 6.29 Å². The third-order valence-corrected chi connectivity index (χ3v) is 1.43. The summed E-state index contributed by atoms with van der Waals surface area (Å²) in [6, 6.07) is 0. The Bertz CT molecular complexity index is 84.6. The fourth-order valence-corrected chi connectivity index (χ4v) is 0.670. The van der Waals surface area contributed by atoms with E-state index in [9.17, 15) is 4.79 Å². The summed E-state index contributed by atoms with van der Waals surface area (Å²) >= 11 is 0. The molecule has 0 atom stereocenters. The van der Waals surface area contributed by atoms with Gasteiger partial charge in [-0.05, 0) is 6.42 Å². The molecule has 0 aliphatic heterocycles. The number of hydrogen-bond acceptors (Lipinski definition) is 1. The zero-order valence-corrected chi connectivity index (χ0v) is 6.53. The molecule has 0 aliphatic carbocycles. The summed E-state index contributed by atoms with van der Waals surface area (Å²) in [5.74, 6) is 0. The molecule has 0 N–H and O–H groups in total. The highest BCUT2D eigenvalue weighted by Gasteiger charge is 2.15. The van der Waals surface area contributed by atoms with E-state index >= 15 is 0 Å². The maximum atomic E-state index is 10.2. The van der Waals surface area contributed by atoms with Crippen LogP contribution in [0, 0.1) is 5.41 Å². The van der Waals surface area contributed by atoms with E-state index in [0.29, 0.717) is 0 Å². The maximum Gasteiger partial charge on any atom is 0.204 e. The number of unbranched alkanes of at least 4 members (excludes halogenated alkanes) is 1. The van der Waals surface area contributed by atoms with Crippen molar-refractivity contribution in [2.75, 3.05) is 0 Å². The molecule has 1 nitrogen and oxygen atoms in total. The van der Waals surface area contributed by atoms with Gasteiger partial charge in [0.2, 0.25) is 6.29 Å². The molecule has 0 unspecified atom stereocenters. The van der Waals surface area contributed by atoms with Crippen LogP contribution in [0.25, 0.3) is 0 Å². The van der Waals surface area contributed by atoms with Gasteiger partial charge in [0, 0.05) is 5.41 Å². The Morgan fingerprint density at radius 3 is 2.33 bits per heavy atom. The van der Waals surface area contributed by atoms with E-state index in [1.54, 1.807) is 0 Å². The summed E-state index contributed by atoms with van der Waals surface area (Å²) in [7, 11) is 0. The summed E-state index contributed by atoms with van der Waals surface area (Å²) in [5.41, 5.74) is -0.212. The molecule has 1 radical (unpaired) electrons.